The minimum absolute atomic E-state index is 0.117. The number of aromatic nitrogens is 6. The third kappa shape index (κ3) is 8.29. The zero-order valence-electron chi connectivity index (χ0n) is 27.1. The number of hydrogen-bond acceptors (Lipinski definition) is 12. The predicted molar refractivity (Wildman–Crippen MR) is 172 cm³/mol. The van der Waals surface area contributed by atoms with Crippen LogP contribution < -0.4 is 15.0 Å². The zero-order chi connectivity index (χ0) is 36.6. The van der Waals surface area contributed by atoms with Gasteiger partial charge in [-0.1, -0.05) is 0 Å². The van der Waals surface area contributed by atoms with Crippen LogP contribution in [0.2, 0.25) is 0 Å². The number of ether oxygens (including phenoxy) is 2. The van der Waals surface area contributed by atoms with E-state index in [1.807, 2.05) is 0 Å². The smallest absolute Gasteiger partial charge is 0.419 e. The summed E-state index contributed by atoms with van der Waals surface area (Å²) in [5.41, 5.74) is -0.578. The molecule has 0 atom stereocenters. The Morgan fingerprint density at radius 3 is 2.20 bits per heavy atom. The van der Waals surface area contributed by atoms with Crippen molar-refractivity contribution in [2.75, 3.05) is 23.6 Å². The maximum atomic E-state index is 13.9. The van der Waals surface area contributed by atoms with Crippen LogP contribution in [0.15, 0.2) is 60.3 Å². The molecule has 4 heterocycles. The van der Waals surface area contributed by atoms with Crippen molar-refractivity contribution in [1.82, 2.24) is 29.9 Å². The molecule has 0 aromatic carbocycles. The van der Waals surface area contributed by atoms with E-state index in [2.05, 4.69) is 35.2 Å². The predicted octanol–water partition coefficient (Wildman–Crippen LogP) is 5.99. The fourth-order valence-corrected chi connectivity index (χ4v) is 6.47. The monoisotopic (exact) mass is 734 g/mol. The van der Waals surface area contributed by atoms with E-state index in [4.69, 9.17) is 9.47 Å². The van der Waals surface area contributed by atoms with Crippen LogP contribution >= 0.6 is 0 Å². The standard InChI is InChI=1S/C32H31F5N8O5S/c1-49-29-41-14-20(15-42-29)18-3-8-26(39-13-18)45(30(46)50-23-10-31(33,34)11-23)22-6-4-21(5-7-22)43-28-40-17-25(32(35,36)37)27(44-28)19-9-24(16-38-12-19)51(2,47)48/h3,8-9,12-17,21-23H,4-7,10-11H2,1-2H3,(H,40,43,44). The average molecular weight is 735 g/mol. The second-order valence-corrected chi connectivity index (χ2v) is 14.3. The van der Waals surface area contributed by atoms with Crippen molar-refractivity contribution in [2.45, 2.75) is 73.7 Å². The molecule has 2 saturated carbocycles. The van der Waals surface area contributed by atoms with Crippen molar-refractivity contribution in [2.24, 2.45) is 0 Å². The number of carbonyl (C=O) groups excluding carboxylic acids is 1. The van der Waals surface area contributed by atoms with E-state index >= 15 is 0 Å². The van der Waals surface area contributed by atoms with Crippen LogP contribution in [0.1, 0.15) is 44.1 Å². The summed E-state index contributed by atoms with van der Waals surface area (Å²) >= 11 is 0. The van der Waals surface area contributed by atoms with Crippen LogP contribution in [-0.2, 0) is 20.8 Å². The molecule has 6 rings (SSSR count). The maximum absolute atomic E-state index is 13.9. The first-order valence-corrected chi connectivity index (χ1v) is 17.5. The Kier molecular flexibility index (Phi) is 9.75. The molecule has 51 heavy (non-hydrogen) atoms. The largest absolute Gasteiger partial charge is 0.467 e. The average Bonchev–Trinajstić information content (AvgIpc) is 3.08. The van der Waals surface area contributed by atoms with Crippen LogP contribution in [0.4, 0.5) is 38.5 Å². The molecule has 0 spiro atoms. The highest BCUT2D eigenvalue weighted by molar-refractivity contribution is 7.90. The highest BCUT2D eigenvalue weighted by Crippen LogP contribution is 2.41. The molecule has 2 aliphatic rings. The molecule has 2 fully saturated rings. The van der Waals surface area contributed by atoms with Gasteiger partial charge in [0.05, 0.1) is 17.7 Å². The normalized spacial score (nSPS) is 19.1. The van der Waals surface area contributed by atoms with E-state index < -0.39 is 64.3 Å². The van der Waals surface area contributed by atoms with E-state index in [0.717, 1.165) is 24.7 Å². The van der Waals surface area contributed by atoms with Crippen LogP contribution in [-0.4, -0.2) is 81.9 Å². The van der Waals surface area contributed by atoms with Gasteiger partial charge < -0.3 is 14.8 Å². The Bertz CT molecular complexity index is 1990. The summed E-state index contributed by atoms with van der Waals surface area (Å²) < 4.78 is 103. The van der Waals surface area contributed by atoms with Crippen molar-refractivity contribution >= 4 is 27.7 Å². The lowest BCUT2D eigenvalue weighted by Gasteiger charge is -2.39. The molecule has 13 nitrogen and oxygen atoms in total. The first kappa shape index (κ1) is 35.7. The third-order valence-corrected chi connectivity index (χ3v) is 9.64. The zero-order valence-corrected chi connectivity index (χ0v) is 28.0. The highest BCUT2D eigenvalue weighted by atomic mass is 32.2. The highest BCUT2D eigenvalue weighted by Gasteiger charge is 2.48. The van der Waals surface area contributed by atoms with Gasteiger partial charge in [-0.05, 0) is 43.9 Å². The second kappa shape index (κ2) is 13.9. The molecule has 0 radical (unpaired) electrons. The van der Waals surface area contributed by atoms with Crippen molar-refractivity contribution in [3.8, 4) is 28.4 Å². The van der Waals surface area contributed by atoms with E-state index in [0.29, 0.717) is 43.0 Å². The minimum Gasteiger partial charge on any atom is -0.467 e. The Labute approximate surface area is 288 Å². The molecular formula is C32H31F5N8O5S. The number of alkyl halides is 5. The summed E-state index contributed by atoms with van der Waals surface area (Å²) in [6.07, 6.45) is 2.14. The summed E-state index contributed by atoms with van der Waals surface area (Å²) in [6.45, 7) is 0. The molecule has 2 aliphatic carbocycles. The number of rotatable bonds is 9. The van der Waals surface area contributed by atoms with Gasteiger partial charge in [0.15, 0.2) is 9.84 Å². The van der Waals surface area contributed by atoms with Crippen LogP contribution in [0, 0.1) is 0 Å². The lowest BCUT2D eigenvalue weighted by atomic mass is 9.90. The number of anilines is 2. The Balaban J connectivity index is 1.19. The molecule has 4 aromatic heterocycles. The summed E-state index contributed by atoms with van der Waals surface area (Å²) in [5, 5.41) is 3.05. The molecule has 0 bridgehead atoms. The number of pyridine rings is 2. The number of amides is 1. The van der Waals surface area contributed by atoms with Gasteiger partial charge in [0.25, 0.3) is 5.92 Å². The van der Waals surface area contributed by atoms with Crippen molar-refractivity contribution in [3.63, 3.8) is 0 Å². The summed E-state index contributed by atoms with van der Waals surface area (Å²) in [5.74, 6) is -2.78. The van der Waals surface area contributed by atoms with Crippen LogP contribution in [0.3, 0.4) is 0 Å². The Morgan fingerprint density at radius 1 is 0.922 bits per heavy atom. The number of nitrogens with one attached hydrogen (secondary N) is 1. The lowest BCUT2D eigenvalue weighted by Crippen LogP contribution is -2.49. The fourth-order valence-electron chi connectivity index (χ4n) is 5.88. The molecule has 1 amide bonds. The van der Waals surface area contributed by atoms with Gasteiger partial charge in [0, 0.05) is 85.1 Å². The van der Waals surface area contributed by atoms with E-state index in [9.17, 15) is 35.2 Å². The molecule has 19 heteroatoms. The topological polar surface area (TPSA) is 162 Å². The van der Waals surface area contributed by atoms with Crippen molar-refractivity contribution in [1.29, 1.82) is 0 Å². The van der Waals surface area contributed by atoms with E-state index in [1.54, 1.807) is 24.5 Å². The molecule has 0 saturated heterocycles. The van der Waals surface area contributed by atoms with Crippen LogP contribution in [0.5, 0.6) is 6.01 Å². The van der Waals surface area contributed by atoms with Gasteiger partial charge >= 0.3 is 18.3 Å². The molecule has 4 aromatic rings. The molecule has 0 aliphatic heterocycles. The Hall–Kier alpha value is -5.07. The second-order valence-electron chi connectivity index (χ2n) is 12.3. The Morgan fingerprint density at radius 2 is 1.61 bits per heavy atom. The van der Waals surface area contributed by atoms with E-state index in [1.165, 1.54) is 18.2 Å². The summed E-state index contributed by atoms with van der Waals surface area (Å²) in [7, 11) is -2.33. The first-order valence-electron chi connectivity index (χ1n) is 15.7. The van der Waals surface area contributed by atoms with Gasteiger partial charge in [0.1, 0.15) is 17.5 Å². The molecule has 270 valence electrons. The van der Waals surface area contributed by atoms with Gasteiger partial charge in [-0.3, -0.25) is 9.88 Å². The number of hydrogen-bond donors (Lipinski definition) is 1. The SMILES string of the molecule is COc1ncc(-c2ccc(N(C(=O)OC3CC(F)(F)C3)C3CCC(Nc4ncc(C(F)(F)F)c(-c5cncc(S(C)(=O)=O)c5)n4)CC3)nc2)cn1. The number of halogens is 5. The number of sulfone groups is 1. The third-order valence-electron chi connectivity index (χ3n) is 8.56. The molecule has 0 unspecified atom stereocenters. The van der Waals surface area contributed by atoms with Crippen LogP contribution in [0.25, 0.3) is 22.4 Å². The summed E-state index contributed by atoms with van der Waals surface area (Å²) in [4.78, 5) is 38.9. The lowest BCUT2D eigenvalue weighted by molar-refractivity contribution is -0.144. The van der Waals surface area contributed by atoms with Crippen molar-refractivity contribution < 1.29 is 44.6 Å². The summed E-state index contributed by atoms with van der Waals surface area (Å²) in [6, 6.07) is 3.79. The number of nitrogens with zero attached hydrogens (tertiary/aromatic N) is 7. The van der Waals surface area contributed by atoms with Gasteiger partial charge in [0.2, 0.25) is 5.95 Å². The van der Waals surface area contributed by atoms with E-state index in [-0.39, 0.29) is 34.3 Å². The van der Waals surface area contributed by atoms with Crippen molar-refractivity contribution in [3.05, 3.63) is 60.9 Å². The maximum Gasteiger partial charge on any atom is 0.419 e. The molecule has 1 N–H and O–H groups in total. The van der Waals surface area contributed by atoms with Gasteiger partial charge in [-0.15, -0.1) is 0 Å². The quantitative estimate of drug-likeness (QED) is 0.200. The fraction of sp³-hybridized carbons (Fsp3) is 0.406. The first-order chi connectivity index (χ1) is 24.1. The van der Waals surface area contributed by atoms with Gasteiger partial charge in [-0.25, -0.2) is 46.9 Å². The van der Waals surface area contributed by atoms with Gasteiger partial charge in [-0.2, -0.15) is 13.2 Å². The minimum atomic E-state index is -4.84. The number of carbonyl (C=O) groups is 1. The molecular weight excluding hydrogens is 703 g/mol. The number of methoxy groups -OCH3 is 1.